The van der Waals surface area contributed by atoms with E-state index < -0.39 is 0 Å². The van der Waals surface area contributed by atoms with Crippen LogP contribution in [0, 0.1) is 6.92 Å². The number of hydrogen-bond donors (Lipinski definition) is 1. The van der Waals surface area contributed by atoms with E-state index in [4.69, 9.17) is 4.74 Å². The molecular formula is C20H33NO. The lowest BCUT2D eigenvalue weighted by Gasteiger charge is -2.18. The first kappa shape index (κ1) is 20.5. The summed E-state index contributed by atoms with van der Waals surface area (Å²) in [5, 5.41) is 3.37. The van der Waals surface area contributed by atoms with Gasteiger partial charge in [0.15, 0.2) is 0 Å². The first-order valence-corrected chi connectivity index (χ1v) is 8.12. The second-order valence-electron chi connectivity index (χ2n) is 5.31. The number of hydrogen-bond acceptors (Lipinski definition) is 2. The summed E-state index contributed by atoms with van der Waals surface area (Å²) in [6.07, 6.45) is 1.20. The van der Waals surface area contributed by atoms with Crippen LogP contribution in [0.4, 0.5) is 0 Å². The maximum absolute atomic E-state index is 4.99. The Kier molecular flexibility index (Phi) is 10.3. The molecule has 0 saturated heterocycles. The molecule has 22 heavy (non-hydrogen) atoms. The molecule has 124 valence electrons. The molecule has 2 rings (SSSR count). The summed E-state index contributed by atoms with van der Waals surface area (Å²) in [7, 11) is 1.67. The Balaban J connectivity index is 0.000000369. The van der Waals surface area contributed by atoms with Crippen molar-refractivity contribution in [3.05, 3.63) is 58.4 Å². The monoisotopic (exact) mass is 303 g/mol. The van der Waals surface area contributed by atoms with E-state index in [-0.39, 0.29) is 0 Å². The third-order valence-electron chi connectivity index (χ3n) is 3.85. The molecule has 0 fully saturated rings. The van der Waals surface area contributed by atoms with Crippen LogP contribution in [0.3, 0.4) is 0 Å². The van der Waals surface area contributed by atoms with Crippen molar-refractivity contribution in [2.24, 2.45) is 0 Å². The van der Waals surface area contributed by atoms with Crippen LogP contribution in [0.1, 0.15) is 51.3 Å². The summed E-state index contributed by atoms with van der Waals surface area (Å²) in [5.41, 5.74) is 6.69. The molecule has 2 nitrogen and oxygen atoms in total. The minimum absolute atomic E-state index is 0.947. The Hall–Kier alpha value is -1.54. The molecule has 2 heteroatoms. The van der Waals surface area contributed by atoms with Gasteiger partial charge in [-0.2, -0.15) is 0 Å². The normalized spacial score (nSPS) is 13.4. The van der Waals surface area contributed by atoms with Crippen LogP contribution in [-0.4, -0.2) is 13.7 Å². The van der Waals surface area contributed by atoms with Crippen LogP contribution in [0.25, 0.3) is 0 Å². The standard InChI is InChI=1S/C10H13N.C8H14O.C2H6/c1-8-3-2-4-9-7-11-6-5-10(8)9;1-6(2)7(3)8(4)9-5;1-2/h2-4,11H,5-7H2,1H3;1H2,2-5H3;1-2H3/b;8-7-;. The molecule has 0 saturated carbocycles. The van der Waals surface area contributed by atoms with Gasteiger partial charge in [0.25, 0.3) is 0 Å². The van der Waals surface area contributed by atoms with Gasteiger partial charge in [-0.15, -0.1) is 0 Å². The van der Waals surface area contributed by atoms with Crippen molar-refractivity contribution in [3.8, 4) is 0 Å². The van der Waals surface area contributed by atoms with Crippen molar-refractivity contribution in [3.63, 3.8) is 0 Å². The fraction of sp³-hybridized carbons (Fsp3) is 0.500. The molecule has 0 spiro atoms. The second kappa shape index (κ2) is 11.1. The van der Waals surface area contributed by atoms with Gasteiger partial charge in [0, 0.05) is 6.54 Å². The molecule has 0 atom stereocenters. The second-order valence-corrected chi connectivity index (χ2v) is 5.31. The van der Waals surface area contributed by atoms with Gasteiger partial charge >= 0.3 is 0 Å². The van der Waals surface area contributed by atoms with E-state index in [1.165, 1.54) is 17.5 Å². The largest absolute Gasteiger partial charge is 0.501 e. The first-order chi connectivity index (χ1) is 10.5. The zero-order valence-corrected chi connectivity index (χ0v) is 15.5. The average molecular weight is 303 g/mol. The summed E-state index contributed by atoms with van der Waals surface area (Å²) in [5.74, 6) is 0.947. The molecule has 1 heterocycles. The number of aryl methyl sites for hydroxylation is 1. The highest BCUT2D eigenvalue weighted by atomic mass is 16.5. The highest BCUT2D eigenvalue weighted by Gasteiger charge is 2.08. The van der Waals surface area contributed by atoms with E-state index in [1.807, 2.05) is 34.6 Å². The zero-order valence-electron chi connectivity index (χ0n) is 15.5. The maximum Gasteiger partial charge on any atom is 0.0956 e. The Bertz CT molecular complexity index is 500. The quantitative estimate of drug-likeness (QED) is 0.601. The predicted molar refractivity (Wildman–Crippen MR) is 98.1 cm³/mol. The molecule has 0 aromatic heterocycles. The minimum atomic E-state index is 0.947. The van der Waals surface area contributed by atoms with Crippen LogP contribution >= 0.6 is 0 Å². The third-order valence-corrected chi connectivity index (χ3v) is 3.85. The first-order valence-electron chi connectivity index (χ1n) is 8.12. The summed E-state index contributed by atoms with van der Waals surface area (Å²) in [6, 6.07) is 6.56. The van der Waals surface area contributed by atoms with Crippen LogP contribution in [-0.2, 0) is 17.7 Å². The molecule has 1 aliphatic rings. The van der Waals surface area contributed by atoms with Gasteiger partial charge in [-0.3, -0.25) is 0 Å². The number of rotatable bonds is 2. The number of nitrogens with one attached hydrogen (secondary N) is 1. The van der Waals surface area contributed by atoms with Crippen molar-refractivity contribution >= 4 is 0 Å². The molecule has 0 amide bonds. The number of fused-ring (bicyclic) bond motifs is 1. The molecule has 1 aromatic carbocycles. The molecule has 1 aromatic rings. The van der Waals surface area contributed by atoms with E-state index in [1.54, 1.807) is 12.7 Å². The maximum atomic E-state index is 4.99. The molecule has 0 unspecified atom stereocenters. The minimum Gasteiger partial charge on any atom is -0.501 e. The fourth-order valence-corrected chi connectivity index (χ4v) is 2.18. The van der Waals surface area contributed by atoms with Crippen molar-refractivity contribution in [2.75, 3.05) is 13.7 Å². The van der Waals surface area contributed by atoms with E-state index in [0.29, 0.717) is 0 Å². The summed E-state index contributed by atoms with van der Waals surface area (Å²) >= 11 is 0. The lowest BCUT2D eigenvalue weighted by atomic mass is 9.97. The van der Waals surface area contributed by atoms with Gasteiger partial charge in [0.05, 0.1) is 12.9 Å². The SMILES string of the molecule is C=C(C)/C(C)=C(/C)OC.CC.Cc1cccc2c1CCNC2. The Morgan fingerprint density at radius 3 is 2.27 bits per heavy atom. The molecule has 0 radical (unpaired) electrons. The number of allylic oxidation sites excluding steroid dienone is 3. The van der Waals surface area contributed by atoms with E-state index in [0.717, 1.165) is 30.0 Å². The van der Waals surface area contributed by atoms with Crippen LogP contribution in [0.2, 0.25) is 0 Å². The van der Waals surface area contributed by atoms with Crippen molar-refractivity contribution in [2.45, 2.75) is 54.5 Å². The Morgan fingerprint density at radius 2 is 1.82 bits per heavy atom. The molecule has 1 aliphatic heterocycles. The van der Waals surface area contributed by atoms with Crippen molar-refractivity contribution < 1.29 is 4.74 Å². The molecule has 0 aliphatic carbocycles. The Labute approximate surface area is 137 Å². The highest BCUT2D eigenvalue weighted by molar-refractivity contribution is 5.35. The molecular weight excluding hydrogens is 270 g/mol. The van der Waals surface area contributed by atoms with Crippen LogP contribution < -0.4 is 5.32 Å². The van der Waals surface area contributed by atoms with Crippen molar-refractivity contribution in [1.29, 1.82) is 0 Å². The van der Waals surface area contributed by atoms with Gasteiger partial charge in [0.1, 0.15) is 0 Å². The van der Waals surface area contributed by atoms with Crippen LogP contribution in [0.15, 0.2) is 41.7 Å². The third kappa shape index (κ3) is 6.48. The van der Waals surface area contributed by atoms with E-state index in [9.17, 15) is 0 Å². The Morgan fingerprint density at radius 1 is 1.18 bits per heavy atom. The predicted octanol–water partition coefficient (Wildman–Crippen LogP) is 5.17. The average Bonchev–Trinajstić information content (AvgIpc) is 2.56. The topological polar surface area (TPSA) is 21.3 Å². The van der Waals surface area contributed by atoms with E-state index in [2.05, 4.69) is 37.0 Å². The fourth-order valence-electron chi connectivity index (χ4n) is 2.18. The van der Waals surface area contributed by atoms with Gasteiger partial charge < -0.3 is 10.1 Å². The van der Waals surface area contributed by atoms with E-state index >= 15 is 0 Å². The smallest absolute Gasteiger partial charge is 0.0956 e. The number of ether oxygens (including phenoxy) is 1. The zero-order chi connectivity index (χ0) is 17.1. The number of benzene rings is 1. The lowest BCUT2D eigenvalue weighted by Crippen LogP contribution is -2.24. The lowest BCUT2D eigenvalue weighted by molar-refractivity contribution is 0.289. The molecule has 1 N–H and O–H groups in total. The number of methoxy groups -OCH3 is 1. The van der Waals surface area contributed by atoms with Gasteiger partial charge in [-0.25, -0.2) is 0 Å². The highest BCUT2D eigenvalue weighted by Crippen LogP contribution is 2.17. The van der Waals surface area contributed by atoms with Gasteiger partial charge in [-0.05, 0) is 62.9 Å². The summed E-state index contributed by atoms with van der Waals surface area (Å²) in [4.78, 5) is 0. The summed E-state index contributed by atoms with van der Waals surface area (Å²) in [6.45, 7) is 18.1. The van der Waals surface area contributed by atoms with Gasteiger partial charge in [0.2, 0.25) is 0 Å². The summed E-state index contributed by atoms with van der Waals surface area (Å²) < 4.78 is 4.99. The van der Waals surface area contributed by atoms with Gasteiger partial charge in [-0.1, -0.05) is 44.2 Å². The molecule has 0 bridgehead atoms. The van der Waals surface area contributed by atoms with Crippen LogP contribution in [0.5, 0.6) is 0 Å². The van der Waals surface area contributed by atoms with Crippen molar-refractivity contribution in [1.82, 2.24) is 5.32 Å².